The van der Waals surface area contributed by atoms with Crippen LogP contribution in [0.5, 0.6) is 0 Å². The first kappa shape index (κ1) is 20.0. The monoisotopic (exact) mass is 387 g/mol. The van der Waals surface area contributed by atoms with Gasteiger partial charge in [-0.05, 0) is 17.7 Å². The highest BCUT2D eigenvalue weighted by Crippen LogP contribution is 2.23. The first-order valence-corrected chi connectivity index (χ1v) is 8.95. The van der Waals surface area contributed by atoms with E-state index in [2.05, 4.69) is 10.2 Å². The third-order valence-electron chi connectivity index (χ3n) is 4.22. The topological polar surface area (TPSA) is 61.9 Å². The fourth-order valence-corrected chi connectivity index (χ4v) is 3.02. The van der Waals surface area contributed by atoms with Crippen LogP contribution in [0.25, 0.3) is 0 Å². The maximum absolute atomic E-state index is 12.7. The van der Waals surface area contributed by atoms with E-state index in [1.165, 1.54) is 0 Å². The van der Waals surface area contributed by atoms with Gasteiger partial charge in [0, 0.05) is 39.6 Å². The van der Waals surface area contributed by atoms with E-state index in [-0.39, 0.29) is 5.91 Å². The summed E-state index contributed by atoms with van der Waals surface area (Å²) in [5, 5.41) is 3.49. The molecule has 1 N–H and O–H groups in total. The summed E-state index contributed by atoms with van der Waals surface area (Å²) < 4.78 is 5.32. The third kappa shape index (κ3) is 6.15. The maximum Gasteiger partial charge on any atom is 0.245 e. The fourth-order valence-electron chi connectivity index (χ4n) is 2.69. The number of nitrogens with zero attached hydrogens (tertiary/aromatic N) is 2. The van der Waals surface area contributed by atoms with Gasteiger partial charge in [-0.15, -0.1) is 0 Å². The van der Waals surface area contributed by atoms with E-state index in [0.717, 1.165) is 38.4 Å². The summed E-state index contributed by atoms with van der Waals surface area (Å²) in [6.07, 6.45) is 0.909. The molecule has 1 saturated heterocycles. The molecule has 1 aromatic carbocycles. The number of hydrogen-bond donors (Lipinski definition) is 1. The van der Waals surface area contributed by atoms with Crippen LogP contribution in [0.3, 0.4) is 0 Å². The summed E-state index contributed by atoms with van der Waals surface area (Å²) in [5.41, 5.74) is 0.837. The second-order valence-corrected chi connectivity index (χ2v) is 6.82. The van der Waals surface area contributed by atoms with Crippen molar-refractivity contribution in [3.63, 3.8) is 0 Å². The lowest BCUT2D eigenvalue weighted by molar-refractivity contribution is -0.133. The Labute approximate surface area is 158 Å². The molecule has 1 heterocycles. The number of nitrogens with one attached hydrogen (secondary N) is 1. The van der Waals surface area contributed by atoms with E-state index in [0.29, 0.717) is 29.4 Å². The minimum absolute atomic E-state index is 0.133. The molecule has 0 saturated carbocycles. The third-order valence-corrected chi connectivity index (χ3v) is 4.96. The Bertz CT molecular complexity index is 595. The highest BCUT2D eigenvalue weighted by molar-refractivity contribution is 6.42. The molecule has 2 rings (SSSR count). The van der Waals surface area contributed by atoms with Gasteiger partial charge in [0.1, 0.15) is 6.04 Å². The van der Waals surface area contributed by atoms with Crippen LogP contribution < -0.4 is 5.32 Å². The van der Waals surface area contributed by atoms with Crippen molar-refractivity contribution >= 4 is 35.5 Å². The number of ether oxygens (including phenoxy) is 1. The zero-order chi connectivity index (χ0) is 18.2. The molecule has 0 bridgehead atoms. The molecule has 138 valence electrons. The SMILES string of the molecule is CN(CCN1CCOCC1)C(=O)[C@H](Cc1ccc(Cl)c(Cl)c1)NC=O. The predicted octanol–water partition coefficient (Wildman–Crippen LogP) is 1.44. The van der Waals surface area contributed by atoms with Crippen LogP contribution in [0.15, 0.2) is 18.2 Å². The van der Waals surface area contributed by atoms with Crippen molar-refractivity contribution in [3.8, 4) is 0 Å². The van der Waals surface area contributed by atoms with Gasteiger partial charge < -0.3 is 15.0 Å². The van der Waals surface area contributed by atoms with Gasteiger partial charge in [-0.25, -0.2) is 0 Å². The Hall–Kier alpha value is -1.34. The van der Waals surface area contributed by atoms with Gasteiger partial charge in [0.25, 0.3) is 0 Å². The maximum atomic E-state index is 12.7. The molecule has 8 heteroatoms. The molecule has 1 aliphatic heterocycles. The van der Waals surface area contributed by atoms with Crippen LogP contribution >= 0.6 is 23.2 Å². The van der Waals surface area contributed by atoms with Crippen LogP contribution in [0.1, 0.15) is 5.56 Å². The van der Waals surface area contributed by atoms with Crippen LogP contribution in [0.2, 0.25) is 10.0 Å². The molecule has 1 fully saturated rings. The molecule has 0 aliphatic carbocycles. The number of amides is 2. The number of hydrogen-bond acceptors (Lipinski definition) is 4. The average Bonchev–Trinajstić information content (AvgIpc) is 2.62. The van der Waals surface area contributed by atoms with E-state index in [1.807, 2.05) is 0 Å². The lowest BCUT2D eigenvalue weighted by Crippen LogP contribution is -2.48. The summed E-state index contributed by atoms with van der Waals surface area (Å²) in [6.45, 7) is 4.58. The molecule has 6 nitrogen and oxygen atoms in total. The van der Waals surface area contributed by atoms with E-state index in [4.69, 9.17) is 27.9 Å². The number of benzene rings is 1. The van der Waals surface area contributed by atoms with Gasteiger partial charge in [0.2, 0.25) is 12.3 Å². The Balaban J connectivity index is 1.93. The van der Waals surface area contributed by atoms with Gasteiger partial charge in [-0.2, -0.15) is 0 Å². The van der Waals surface area contributed by atoms with Crippen LogP contribution in [-0.2, 0) is 20.7 Å². The van der Waals surface area contributed by atoms with E-state index >= 15 is 0 Å². The lowest BCUT2D eigenvalue weighted by atomic mass is 10.0. The van der Waals surface area contributed by atoms with Crippen molar-refractivity contribution in [2.24, 2.45) is 0 Å². The molecule has 0 spiro atoms. The van der Waals surface area contributed by atoms with Crippen LogP contribution in [-0.4, -0.2) is 74.6 Å². The largest absolute Gasteiger partial charge is 0.379 e. The summed E-state index contributed by atoms with van der Waals surface area (Å²) in [4.78, 5) is 27.5. The normalized spacial score (nSPS) is 16.3. The van der Waals surface area contributed by atoms with Crippen LogP contribution in [0, 0.1) is 0 Å². The lowest BCUT2D eigenvalue weighted by Gasteiger charge is -2.30. The highest BCUT2D eigenvalue weighted by Gasteiger charge is 2.23. The number of halogens is 2. The van der Waals surface area contributed by atoms with Gasteiger partial charge in [-0.3, -0.25) is 14.5 Å². The summed E-state index contributed by atoms with van der Waals surface area (Å²) in [7, 11) is 1.75. The number of carbonyl (C=O) groups excluding carboxylic acids is 2. The minimum atomic E-state index is -0.635. The van der Waals surface area contributed by atoms with Gasteiger partial charge in [0.05, 0.1) is 23.3 Å². The summed E-state index contributed by atoms with van der Waals surface area (Å²) in [5.74, 6) is -0.133. The predicted molar refractivity (Wildman–Crippen MR) is 98.0 cm³/mol. The highest BCUT2D eigenvalue weighted by atomic mass is 35.5. The quantitative estimate of drug-likeness (QED) is 0.685. The van der Waals surface area contributed by atoms with Crippen molar-refractivity contribution < 1.29 is 14.3 Å². The Morgan fingerprint density at radius 2 is 2.08 bits per heavy atom. The van der Waals surface area contributed by atoms with E-state index in [1.54, 1.807) is 30.1 Å². The standard InChI is InChI=1S/C17H23Cl2N3O3/c1-21(4-5-22-6-8-25-9-7-22)17(24)16(20-12-23)11-13-2-3-14(18)15(19)10-13/h2-3,10,12,16H,4-9,11H2,1H3,(H,20,23)/t16-/m0/s1. The number of rotatable bonds is 8. The van der Waals surface area contributed by atoms with Crippen molar-refractivity contribution in [1.82, 2.24) is 15.1 Å². The first-order valence-electron chi connectivity index (χ1n) is 8.20. The van der Waals surface area contributed by atoms with Crippen molar-refractivity contribution in [2.75, 3.05) is 46.4 Å². The zero-order valence-corrected chi connectivity index (χ0v) is 15.7. The van der Waals surface area contributed by atoms with E-state index < -0.39 is 6.04 Å². The number of carbonyl (C=O) groups is 2. The molecule has 25 heavy (non-hydrogen) atoms. The second kappa shape index (κ2) is 9.97. The van der Waals surface area contributed by atoms with Crippen LogP contribution in [0.4, 0.5) is 0 Å². The molecular weight excluding hydrogens is 365 g/mol. The number of likely N-dealkylation sites (N-methyl/N-ethyl adjacent to an activating group) is 1. The first-order chi connectivity index (χ1) is 12.0. The molecule has 1 aliphatic rings. The Morgan fingerprint density at radius 1 is 1.36 bits per heavy atom. The molecule has 0 radical (unpaired) electrons. The molecular formula is C17H23Cl2N3O3. The van der Waals surface area contributed by atoms with Gasteiger partial charge in [0.15, 0.2) is 0 Å². The Kier molecular flexibility index (Phi) is 7.96. The summed E-state index contributed by atoms with van der Waals surface area (Å²) in [6, 6.07) is 4.56. The molecule has 1 aromatic rings. The Morgan fingerprint density at radius 3 is 2.72 bits per heavy atom. The summed E-state index contributed by atoms with van der Waals surface area (Å²) >= 11 is 11.9. The smallest absolute Gasteiger partial charge is 0.245 e. The zero-order valence-electron chi connectivity index (χ0n) is 14.2. The van der Waals surface area contributed by atoms with E-state index in [9.17, 15) is 9.59 Å². The van der Waals surface area contributed by atoms with Gasteiger partial charge >= 0.3 is 0 Å². The van der Waals surface area contributed by atoms with Crippen molar-refractivity contribution in [1.29, 1.82) is 0 Å². The average molecular weight is 388 g/mol. The fraction of sp³-hybridized carbons (Fsp3) is 0.529. The van der Waals surface area contributed by atoms with Crippen molar-refractivity contribution in [2.45, 2.75) is 12.5 Å². The van der Waals surface area contributed by atoms with Gasteiger partial charge in [-0.1, -0.05) is 29.3 Å². The molecule has 0 aromatic heterocycles. The second-order valence-electron chi connectivity index (χ2n) is 6.00. The number of morpholine rings is 1. The van der Waals surface area contributed by atoms with Crippen molar-refractivity contribution in [3.05, 3.63) is 33.8 Å². The molecule has 1 atom stereocenters. The molecule has 0 unspecified atom stereocenters. The minimum Gasteiger partial charge on any atom is -0.379 e. The molecule has 2 amide bonds.